The van der Waals surface area contributed by atoms with Crippen molar-refractivity contribution < 1.29 is 4.79 Å². The number of carbonyl (C=O) groups is 1. The van der Waals surface area contributed by atoms with E-state index in [0.717, 1.165) is 64.6 Å². The van der Waals surface area contributed by atoms with E-state index in [2.05, 4.69) is 31.9 Å². The van der Waals surface area contributed by atoms with Crippen LogP contribution in [0.4, 0.5) is 5.95 Å². The van der Waals surface area contributed by atoms with Crippen LogP contribution in [0.3, 0.4) is 0 Å². The van der Waals surface area contributed by atoms with E-state index in [4.69, 9.17) is 0 Å². The van der Waals surface area contributed by atoms with E-state index in [9.17, 15) is 4.79 Å². The van der Waals surface area contributed by atoms with Crippen molar-refractivity contribution >= 4 is 11.9 Å². The second kappa shape index (κ2) is 6.43. The number of nitrogens with zero attached hydrogens (tertiary/aromatic N) is 5. The maximum Gasteiger partial charge on any atom is 0.227 e. The number of rotatable bonds is 3. The van der Waals surface area contributed by atoms with Crippen LogP contribution in [0.25, 0.3) is 0 Å². The molecular weight excluding hydrogens is 268 g/mol. The van der Waals surface area contributed by atoms with Crippen molar-refractivity contribution in [2.75, 3.05) is 50.7 Å². The third-order valence-electron chi connectivity index (χ3n) is 4.60. The Morgan fingerprint density at radius 3 is 2.81 bits per heavy atom. The third-order valence-corrected chi connectivity index (χ3v) is 4.60. The molecule has 1 N–H and O–H groups in total. The lowest BCUT2D eigenvalue weighted by atomic mass is 9.96. The highest BCUT2D eigenvalue weighted by Crippen LogP contribution is 2.20. The summed E-state index contributed by atoms with van der Waals surface area (Å²) in [6.45, 7) is 8.49. The zero-order valence-corrected chi connectivity index (χ0v) is 12.7. The number of piperidine rings is 1. The molecule has 3 heterocycles. The Morgan fingerprint density at radius 1 is 1.33 bits per heavy atom. The largest absolute Gasteiger partial charge is 0.339 e. The molecule has 3 rings (SSSR count). The van der Waals surface area contributed by atoms with Crippen molar-refractivity contribution in [1.82, 2.24) is 25.0 Å². The molecule has 0 bridgehead atoms. The molecule has 1 aromatic rings. The van der Waals surface area contributed by atoms with Gasteiger partial charge in [0, 0.05) is 32.7 Å². The van der Waals surface area contributed by atoms with Gasteiger partial charge in [-0.2, -0.15) is 10.1 Å². The van der Waals surface area contributed by atoms with Crippen molar-refractivity contribution in [1.29, 1.82) is 0 Å². The van der Waals surface area contributed by atoms with Crippen LogP contribution in [0, 0.1) is 5.92 Å². The summed E-state index contributed by atoms with van der Waals surface area (Å²) in [5.74, 6) is 1.33. The first kappa shape index (κ1) is 14.3. The predicted molar refractivity (Wildman–Crippen MR) is 80.0 cm³/mol. The van der Waals surface area contributed by atoms with Crippen LogP contribution in [-0.2, 0) is 4.79 Å². The molecule has 0 spiro atoms. The van der Waals surface area contributed by atoms with Gasteiger partial charge in [0.2, 0.25) is 11.9 Å². The number of amides is 1. The van der Waals surface area contributed by atoms with E-state index in [1.807, 2.05) is 4.90 Å². The number of nitrogens with one attached hydrogen (secondary N) is 1. The van der Waals surface area contributed by atoms with Crippen LogP contribution in [0.5, 0.6) is 0 Å². The number of aromatic amines is 1. The Kier molecular flexibility index (Phi) is 4.38. The molecule has 0 radical (unpaired) electrons. The second-order valence-electron chi connectivity index (χ2n) is 5.85. The topological polar surface area (TPSA) is 68.4 Å². The van der Waals surface area contributed by atoms with Crippen molar-refractivity contribution in [3.8, 4) is 0 Å². The van der Waals surface area contributed by atoms with Crippen molar-refractivity contribution in [3.63, 3.8) is 0 Å². The molecule has 7 nitrogen and oxygen atoms in total. The molecule has 7 heteroatoms. The zero-order chi connectivity index (χ0) is 14.7. The maximum atomic E-state index is 12.7. The minimum absolute atomic E-state index is 0.190. The van der Waals surface area contributed by atoms with Gasteiger partial charge in [-0.05, 0) is 25.9 Å². The average molecular weight is 292 g/mol. The standard InChI is InChI=1S/C14H24N6O/c1-2-18-5-3-4-12(10-18)13(21)19-6-8-20(9-7-19)14-15-11-16-17-14/h11-12H,2-10H2,1H3,(H,15,16,17). The quantitative estimate of drug-likeness (QED) is 0.861. The van der Waals surface area contributed by atoms with Crippen LogP contribution in [0.15, 0.2) is 6.33 Å². The lowest BCUT2D eigenvalue weighted by molar-refractivity contribution is -0.137. The molecule has 2 aliphatic rings. The summed E-state index contributed by atoms with van der Waals surface area (Å²) in [5, 5.41) is 6.76. The van der Waals surface area contributed by atoms with Crippen LogP contribution < -0.4 is 4.90 Å². The molecule has 2 aliphatic heterocycles. The highest BCUT2D eigenvalue weighted by molar-refractivity contribution is 5.79. The maximum absolute atomic E-state index is 12.7. The van der Waals surface area contributed by atoms with E-state index in [1.54, 1.807) is 0 Å². The minimum Gasteiger partial charge on any atom is -0.339 e. The Labute approximate surface area is 125 Å². The Bertz CT molecular complexity index is 454. The highest BCUT2D eigenvalue weighted by Gasteiger charge is 2.30. The number of aromatic nitrogens is 3. The number of anilines is 1. The van der Waals surface area contributed by atoms with Crippen molar-refractivity contribution in [3.05, 3.63) is 6.33 Å². The van der Waals surface area contributed by atoms with Gasteiger partial charge in [-0.25, -0.2) is 5.10 Å². The number of hydrogen-bond acceptors (Lipinski definition) is 5. The van der Waals surface area contributed by atoms with E-state index in [-0.39, 0.29) is 5.92 Å². The smallest absolute Gasteiger partial charge is 0.227 e. The van der Waals surface area contributed by atoms with Gasteiger partial charge in [0.15, 0.2) is 0 Å². The fourth-order valence-corrected chi connectivity index (χ4v) is 3.29. The highest BCUT2D eigenvalue weighted by atomic mass is 16.2. The molecule has 1 unspecified atom stereocenters. The first-order valence-corrected chi connectivity index (χ1v) is 7.89. The molecule has 2 saturated heterocycles. The summed E-state index contributed by atoms with van der Waals surface area (Å²) in [7, 11) is 0. The molecule has 1 aromatic heterocycles. The summed E-state index contributed by atoms with van der Waals surface area (Å²) >= 11 is 0. The monoisotopic (exact) mass is 292 g/mol. The number of piperazine rings is 1. The normalized spacial score (nSPS) is 24.3. The van der Waals surface area contributed by atoms with E-state index < -0.39 is 0 Å². The van der Waals surface area contributed by atoms with Gasteiger partial charge in [0.05, 0.1) is 5.92 Å². The van der Waals surface area contributed by atoms with Gasteiger partial charge in [-0.15, -0.1) is 0 Å². The second-order valence-corrected chi connectivity index (χ2v) is 5.85. The van der Waals surface area contributed by atoms with E-state index in [1.165, 1.54) is 6.33 Å². The van der Waals surface area contributed by atoms with Gasteiger partial charge in [0.25, 0.3) is 0 Å². The number of carbonyl (C=O) groups excluding carboxylic acids is 1. The summed E-state index contributed by atoms with van der Waals surface area (Å²) in [6.07, 6.45) is 3.70. The predicted octanol–water partition coefficient (Wildman–Crippen LogP) is 0.185. The fourth-order valence-electron chi connectivity index (χ4n) is 3.29. The summed E-state index contributed by atoms with van der Waals surface area (Å²) < 4.78 is 0. The Hall–Kier alpha value is -1.63. The zero-order valence-electron chi connectivity index (χ0n) is 12.7. The van der Waals surface area contributed by atoms with Gasteiger partial charge in [-0.1, -0.05) is 6.92 Å². The summed E-state index contributed by atoms with van der Waals surface area (Å²) in [6, 6.07) is 0. The first-order chi connectivity index (χ1) is 10.3. The van der Waals surface area contributed by atoms with Crippen molar-refractivity contribution in [2.45, 2.75) is 19.8 Å². The number of hydrogen-bond donors (Lipinski definition) is 1. The minimum atomic E-state index is 0.190. The molecule has 2 fully saturated rings. The van der Waals surface area contributed by atoms with Crippen LogP contribution in [0.2, 0.25) is 0 Å². The van der Waals surface area contributed by atoms with Crippen LogP contribution in [0.1, 0.15) is 19.8 Å². The average Bonchev–Trinajstić information content (AvgIpc) is 3.09. The molecule has 1 atom stereocenters. The number of H-pyrrole nitrogens is 1. The molecule has 0 saturated carbocycles. The molecule has 21 heavy (non-hydrogen) atoms. The summed E-state index contributed by atoms with van der Waals surface area (Å²) in [5.41, 5.74) is 0. The van der Waals surface area contributed by atoms with E-state index >= 15 is 0 Å². The Balaban J connectivity index is 1.53. The summed E-state index contributed by atoms with van der Waals surface area (Å²) in [4.78, 5) is 23.4. The van der Waals surface area contributed by atoms with Crippen LogP contribution >= 0.6 is 0 Å². The number of likely N-dealkylation sites (tertiary alicyclic amines) is 1. The van der Waals surface area contributed by atoms with Gasteiger partial charge < -0.3 is 14.7 Å². The lowest BCUT2D eigenvalue weighted by Crippen LogP contribution is -2.52. The first-order valence-electron chi connectivity index (χ1n) is 7.89. The molecule has 0 aromatic carbocycles. The lowest BCUT2D eigenvalue weighted by Gasteiger charge is -2.38. The van der Waals surface area contributed by atoms with Crippen LogP contribution in [-0.4, -0.2) is 76.7 Å². The molecular formula is C14H24N6O. The Morgan fingerprint density at radius 2 is 2.14 bits per heavy atom. The third kappa shape index (κ3) is 3.18. The fraction of sp³-hybridized carbons (Fsp3) is 0.786. The molecule has 0 aliphatic carbocycles. The molecule has 1 amide bonds. The van der Waals surface area contributed by atoms with Gasteiger partial charge >= 0.3 is 0 Å². The SMILES string of the molecule is CCN1CCCC(C(=O)N2CCN(c3ncn[nH]3)CC2)C1. The van der Waals surface area contributed by atoms with Gasteiger partial charge in [0.1, 0.15) is 6.33 Å². The van der Waals surface area contributed by atoms with Gasteiger partial charge in [-0.3, -0.25) is 4.79 Å². The van der Waals surface area contributed by atoms with E-state index in [0.29, 0.717) is 5.91 Å². The molecule has 116 valence electrons. The van der Waals surface area contributed by atoms with Crippen molar-refractivity contribution in [2.24, 2.45) is 5.92 Å².